The lowest BCUT2D eigenvalue weighted by molar-refractivity contribution is 0.209. The molecule has 0 bridgehead atoms. The lowest BCUT2D eigenvalue weighted by Gasteiger charge is -2.08. The van der Waals surface area contributed by atoms with Gasteiger partial charge < -0.3 is 5.11 Å². The van der Waals surface area contributed by atoms with Crippen LogP contribution < -0.4 is 0 Å². The Hall–Kier alpha value is -0.650. The maximum absolute atomic E-state index is 11.9. The molecule has 1 unspecified atom stereocenters. The van der Waals surface area contributed by atoms with E-state index in [2.05, 4.69) is 15.9 Å². The second kappa shape index (κ2) is 6.33. The summed E-state index contributed by atoms with van der Waals surface area (Å²) in [6, 6.07) is 8.13. The summed E-state index contributed by atoms with van der Waals surface area (Å²) in [6.45, 7) is 1.93. The predicted molar refractivity (Wildman–Crippen MR) is 71.6 cm³/mol. The highest BCUT2D eigenvalue weighted by Gasteiger charge is 2.15. The highest BCUT2D eigenvalue weighted by atomic mass is 79.9. The van der Waals surface area contributed by atoms with E-state index in [1.54, 1.807) is 18.2 Å². The number of rotatable bonds is 5. The molecule has 3 nitrogen and oxygen atoms in total. The fourth-order valence-electron chi connectivity index (χ4n) is 1.32. The fourth-order valence-corrected chi connectivity index (χ4v) is 3.41. The monoisotopic (exact) mass is 318 g/mol. The SMILES string of the molecule is CCCC(O)/C(Br)=C\S(=O)(=O)c1ccccc1. The molecule has 1 atom stereocenters. The zero-order valence-corrected chi connectivity index (χ0v) is 11.9. The molecule has 0 amide bonds. The second-order valence-corrected chi connectivity index (χ2v) is 6.38. The lowest BCUT2D eigenvalue weighted by Crippen LogP contribution is -2.07. The third-order valence-electron chi connectivity index (χ3n) is 2.22. The Labute approximate surface area is 110 Å². The molecule has 0 aliphatic rings. The van der Waals surface area contributed by atoms with E-state index >= 15 is 0 Å². The van der Waals surface area contributed by atoms with Gasteiger partial charge in [0.05, 0.1) is 11.0 Å². The Kier molecular flexibility index (Phi) is 5.36. The highest BCUT2D eigenvalue weighted by Crippen LogP contribution is 2.20. The van der Waals surface area contributed by atoms with E-state index in [1.807, 2.05) is 6.92 Å². The van der Waals surface area contributed by atoms with Gasteiger partial charge in [0.25, 0.3) is 0 Å². The number of sulfone groups is 1. The molecule has 0 aromatic heterocycles. The van der Waals surface area contributed by atoms with E-state index in [9.17, 15) is 13.5 Å². The van der Waals surface area contributed by atoms with Crippen LogP contribution in [0.3, 0.4) is 0 Å². The van der Waals surface area contributed by atoms with Crippen molar-refractivity contribution in [2.75, 3.05) is 0 Å². The standard InChI is InChI=1S/C12H15BrO3S/c1-2-6-12(14)11(13)9-17(15,16)10-7-4-3-5-8-10/h3-5,7-9,12,14H,2,6H2,1H3/b11-9+. The minimum atomic E-state index is -3.49. The molecule has 1 aromatic carbocycles. The first kappa shape index (κ1) is 14.4. The molecule has 0 aliphatic carbocycles. The van der Waals surface area contributed by atoms with Gasteiger partial charge in [-0.15, -0.1) is 0 Å². The normalized spacial score (nSPS) is 14.6. The van der Waals surface area contributed by atoms with Crippen LogP contribution in [0.15, 0.2) is 45.1 Å². The third kappa shape index (κ3) is 4.26. The van der Waals surface area contributed by atoms with Crippen LogP contribution in [0.2, 0.25) is 0 Å². The summed E-state index contributed by atoms with van der Waals surface area (Å²) < 4.78 is 24.2. The maximum Gasteiger partial charge on any atom is 0.200 e. The first-order valence-electron chi connectivity index (χ1n) is 5.32. The van der Waals surface area contributed by atoms with Crippen molar-refractivity contribution in [1.29, 1.82) is 0 Å². The van der Waals surface area contributed by atoms with Crippen LogP contribution in [0.4, 0.5) is 0 Å². The van der Waals surface area contributed by atoms with Crippen molar-refractivity contribution in [3.05, 3.63) is 40.2 Å². The van der Waals surface area contributed by atoms with Gasteiger partial charge >= 0.3 is 0 Å². The molecule has 0 spiro atoms. The first-order chi connectivity index (χ1) is 7.97. The molecule has 0 saturated heterocycles. The molecule has 1 aromatic rings. The summed E-state index contributed by atoms with van der Waals surface area (Å²) in [5.41, 5.74) is 0. The average Bonchev–Trinajstić information content (AvgIpc) is 2.30. The van der Waals surface area contributed by atoms with E-state index in [-0.39, 0.29) is 4.90 Å². The van der Waals surface area contributed by atoms with Crippen molar-refractivity contribution >= 4 is 25.8 Å². The van der Waals surface area contributed by atoms with Crippen LogP contribution in [0, 0.1) is 0 Å². The van der Waals surface area contributed by atoms with Crippen LogP contribution in [-0.2, 0) is 9.84 Å². The molecule has 0 radical (unpaired) electrons. The van der Waals surface area contributed by atoms with Gasteiger partial charge in [0.1, 0.15) is 0 Å². The number of aliphatic hydroxyl groups excluding tert-OH is 1. The van der Waals surface area contributed by atoms with Gasteiger partial charge in [-0.05, 0) is 18.6 Å². The van der Waals surface area contributed by atoms with Crippen molar-refractivity contribution < 1.29 is 13.5 Å². The van der Waals surface area contributed by atoms with Gasteiger partial charge in [-0.2, -0.15) is 0 Å². The lowest BCUT2D eigenvalue weighted by atomic mass is 10.2. The number of hydrogen-bond acceptors (Lipinski definition) is 3. The number of aliphatic hydroxyl groups is 1. The molecular formula is C12H15BrO3S. The number of halogens is 1. The summed E-state index contributed by atoms with van der Waals surface area (Å²) in [7, 11) is -3.49. The molecule has 1 rings (SSSR count). The largest absolute Gasteiger partial charge is 0.388 e. The maximum atomic E-state index is 11.9. The summed E-state index contributed by atoms with van der Waals surface area (Å²) in [6.07, 6.45) is 0.551. The smallest absolute Gasteiger partial charge is 0.200 e. The van der Waals surface area contributed by atoms with Crippen molar-refractivity contribution in [1.82, 2.24) is 0 Å². The quantitative estimate of drug-likeness (QED) is 0.908. The predicted octanol–water partition coefficient (Wildman–Crippen LogP) is 2.86. The second-order valence-electron chi connectivity index (χ2n) is 3.67. The van der Waals surface area contributed by atoms with E-state index in [0.717, 1.165) is 11.8 Å². The van der Waals surface area contributed by atoms with E-state index in [4.69, 9.17) is 0 Å². The zero-order chi connectivity index (χ0) is 12.9. The van der Waals surface area contributed by atoms with Gasteiger partial charge in [0.2, 0.25) is 9.84 Å². The molecule has 17 heavy (non-hydrogen) atoms. The van der Waals surface area contributed by atoms with Crippen molar-refractivity contribution in [3.63, 3.8) is 0 Å². The van der Waals surface area contributed by atoms with E-state index in [1.165, 1.54) is 12.1 Å². The van der Waals surface area contributed by atoms with E-state index < -0.39 is 15.9 Å². The van der Waals surface area contributed by atoms with Gasteiger partial charge in [-0.25, -0.2) is 8.42 Å². The third-order valence-corrected chi connectivity index (χ3v) is 4.77. The molecule has 5 heteroatoms. The van der Waals surface area contributed by atoms with Gasteiger partial charge in [-0.3, -0.25) is 0 Å². The molecule has 0 aliphatic heterocycles. The molecular weight excluding hydrogens is 304 g/mol. The van der Waals surface area contributed by atoms with Crippen molar-refractivity contribution in [3.8, 4) is 0 Å². The molecule has 0 fully saturated rings. The van der Waals surface area contributed by atoms with E-state index in [0.29, 0.717) is 10.9 Å². The Bertz CT molecular complexity index is 480. The van der Waals surface area contributed by atoms with Gasteiger partial charge in [0.15, 0.2) is 0 Å². The van der Waals surface area contributed by atoms with Crippen LogP contribution in [-0.4, -0.2) is 19.6 Å². The Morgan fingerprint density at radius 3 is 2.53 bits per heavy atom. The fraction of sp³-hybridized carbons (Fsp3) is 0.333. The highest BCUT2D eigenvalue weighted by molar-refractivity contribution is 9.11. The van der Waals surface area contributed by atoms with Crippen LogP contribution in [0.25, 0.3) is 0 Å². The van der Waals surface area contributed by atoms with Crippen LogP contribution >= 0.6 is 15.9 Å². The molecule has 1 N–H and O–H groups in total. The van der Waals surface area contributed by atoms with Crippen molar-refractivity contribution in [2.45, 2.75) is 30.8 Å². The molecule has 94 valence electrons. The summed E-state index contributed by atoms with van der Waals surface area (Å²) in [5, 5.41) is 10.7. The topological polar surface area (TPSA) is 54.4 Å². The van der Waals surface area contributed by atoms with Crippen molar-refractivity contribution in [2.24, 2.45) is 0 Å². The Morgan fingerprint density at radius 2 is 2.00 bits per heavy atom. The summed E-state index contributed by atoms with van der Waals surface area (Å²) in [5.74, 6) is 0. The zero-order valence-electron chi connectivity index (χ0n) is 9.51. The Morgan fingerprint density at radius 1 is 1.41 bits per heavy atom. The first-order valence-corrected chi connectivity index (χ1v) is 7.66. The Balaban J connectivity index is 2.97. The van der Waals surface area contributed by atoms with Gasteiger partial charge in [-0.1, -0.05) is 47.5 Å². The minimum absolute atomic E-state index is 0.223. The summed E-state index contributed by atoms with van der Waals surface area (Å²) in [4.78, 5) is 0.223. The number of hydrogen-bond donors (Lipinski definition) is 1. The minimum Gasteiger partial charge on any atom is -0.388 e. The van der Waals surface area contributed by atoms with Gasteiger partial charge in [0, 0.05) is 9.89 Å². The number of benzene rings is 1. The average molecular weight is 319 g/mol. The van der Waals surface area contributed by atoms with Crippen LogP contribution in [0.1, 0.15) is 19.8 Å². The molecule has 0 heterocycles. The van der Waals surface area contributed by atoms with Crippen LogP contribution in [0.5, 0.6) is 0 Å². The summed E-state index contributed by atoms with van der Waals surface area (Å²) >= 11 is 3.11. The molecule has 0 saturated carbocycles.